The Morgan fingerprint density at radius 3 is 2.72 bits per heavy atom. The van der Waals surface area contributed by atoms with Crippen molar-refractivity contribution in [3.63, 3.8) is 0 Å². The van der Waals surface area contributed by atoms with Crippen LogP contribution in [0.2, 0.25) is 0 Å². The summed E-state index contributed by atoms with van der Waals surface area (Å²) in [6.07, 6.45) is 3.63. The molecule has 0 atom stereocenters. The maximum absolute atomic E-state index is 12.2. The normalized spacial score (nSPS) is 11.9. The molecule has 0 spiro atoms. The number of sulfonamides is 1. The fraction of sp³-hybridized carbons (Fsp3) is 0.545. The number of pyridine rings is 1. The molecule has 0 aliphatic carbocycles. The van der Waals surface area contributed by atoms with Gasteiger partial charge < -0.3 is 10.8 Å². The molecule has 3 N–H and O–H groups in total. The Balaban J connectivity index is 2.72. The molecule has 0 saturated carbocycles. The van der Waals surface area contributed by atoms with E-state index in [1.807, 2.05) is 0 Å². The number of nitrogens with zero attached hydrogens (tertiary/aromatic N) is 2. The maximum Gasteiger partial charge on any atom is 0.246 e. The molecule has 102 valence electrons. The van der Waals surface area contributed by atoms with Gasteiger partial charge in [0.1, 0.15) is 10.7 Å². The van der Waals surface area contributed by atoms with Crippen LogP contribution in [0.1, 0.15) is 19.3 Å². The molecule has 1 heterocycles. The Bertz CT molecular complexity index is 476. The van der Waals surface area contributed by atoms with Crippen LogP contribution in [-0.2, 0) is 10.0 Å². The quantitative estimate of drug-likeness (QED) is 0.703. The second-order valence-corrected chi connectivity index (χ2v) is 6.01. The third-order valence-electron chi connectivity index (χ3n) is 2.62. The Morgan fingerprint density at radius 1 is 1.39 bits per heavy atom. The van der Waals surface area contributed by atoms with Crippen molar-refractivity contribution in [2.45, 2.75) is 24.2 Å². The van der Waals surface area contributed by atoms with E-state index >= 15 is 0 Å². The molecular formula is C11H19N3O3S. The van der Waals surface area contributed by atoms with Gasteiger partial charge in [0.25, 0.3) is 0 Å². The Morgan fingerprint density at radius 2 is 2.11 bits per heavy atom. The number of aliphatic hydroxyl groups excluding tert-OH is 1. The van der Waals surface area contributed by atoms with E-state index in [-0.39, 0.29) is 17.3 Å². The molecule has 0 aliphatic heterocycles. The molecule has 0 aromatic carbocycles. The van der Waals surface area contributed by atoms with Gasteiger partial charge in [0.15, 0.2) is 0 Å². The summed E-state index contributed by atoms with van der Waals surface area (Å²) in [6.45, 7) is 0.530. The number of nitrogen functional groups attached to an aromatic ring is 1. The highest BCUT2D eigenvalue weighted by Gasteiger charge is 2.22. The third-order valence-corrected chi connectivity index (χ3v) is 4.52. The van der Waals surface area contributed by atoms with Crippen molar-refractivity contribution in [2.75, 3.05) is 25.9 Å². The van der Waals surface area contributed by atoms with Gasteiger partial charge in [-0.25, -0.2) is 17.7 Å². The first-order valence-electron chi connectivity index (χ1n) is 5.78. The van der Waals surface area contributed by atoms with Gasteiger partial charge in [0.2, 0.25) is 10.0 Å². The van der Waals surface area contributed by atoms with E-state index in [1.165, 1.54) is 23.6 Å². The summed E-state index contributed by atoms with van der Waals surface area (Å²) >= 11 is 0. The zero-order chi connectivity index (χ0) is 13.6. The molecule has 0 amide bonds. The van der Waals surface area contributed by atoms with E-state index in [4.69, 9.17) is 10.8 Å². The Hall–Kier alpha value is -1.18. The molecule has 0 unspecified atom stereocenters. The number of hydrogen-bond donors (Lipinski definition) is 2. The molecule has 1 aromatic heterocycles. The Labute approximate surface area is 107 Å². The number of aliphatic hydroxyl groups is 1. The van der Waals surface area contributed by atoms with Crippen LogP contribution in [0.4, 0.5) is 5.82 Å². The SMILES string of the molecule is CN(CCCCCO)S(=O)(=O)c1cccnc1N. The highest BCUT2D eigenvalue weighted by Crippen LogP contribution is 2.19. The van der Waals surface area contributed by atoms with Crippen molar-refractivity contribution >= 4 is 15.8 Å². The lowest BCUT2D eigenvalue weighted by molar-refractivity contribution is 0.281. The molecule has 1 aromatic rings. The highest BCUT2D eigenvalue weighted by atomic mass is 32.2. The van der Waals surface area contributed by atoms with Crippen molar-refractivity contribution < 1.29 is 13.5 Å². The lowest BCUT2D eigenvalue weighted by Gasteiger charge is -2.17. The molecule has 1 rings (SSSR count). The van der Waals surface area contributed by atoms with Crippen molar-refractivity contribution in [3.8, 4) is 0 Å². The molecule has 0 saturated heterocycles. The van der Waals surface area contributed by atoms with Gasteiger partial charge in [0, 0.05) is 26.4 Å². The maximum atomic E-state index is 12.2. The number of hydrogen-bond acceptors (Lipinski definition) is 5. The van der Waals surface area contributed by atoms with Gasteiger partial charge in [-0.05, 0) is 31.4 Å². The Kier molecular flexibility index (Phi) is 5.52. The zero-order valence-electron chi connectivity index (χ0n) is 10.4. The monoisotopic (exact) mass is 273 g/mol. The minimum Gasteiger partial charge on any atom is -0.396 e. The topological polar surface area (TPSA) is 96.5 Å². The van der Waals surface area contributed by atoms with Crippen LogP contribution in [0.25, 0.3) is 0 Å². The highest BCUT2D eigenvalue weighted by molar-refractivity contribution is 7.89. The second-order valence-electron chi connectivity index (χ2n) is 4.00. The number of nitrogens with two attached hydrogens (primary N) is 1. The van der Waals surface area contributed by atoms with Gasteiger partial charge in [-0.2, -0.15) is 0 Å². The smallest absolute Gasteiger partial charge is 0.246 e. The summed E-state index contributed by atoms with van der Waals surface area (Å²) in [6, 6.07) is 2.99. The van der Waals surface area contributed by atoms with Gasteiger partial charge >= 0.3 is 0 Å². The number of anilines is 1. The van der Waals surface area contributed by atoms with Crippen LogP contribution >= 0.6 is 0 Å². The summed E-state index contributed by atoms with van der Waals surface area (Å²) in [7, 11) is -2.06. The average molecular weight is 273 g/mol. The van der Waals surface area contributed by atoms with Crippen LogP contribution in [0.3, 0.4) is 0 Å². The summed E-state index contributed by atoms with van der Waals surface area (Å²) in [5, 5.41) is 8.65. The first kappa shape index (κ1) is 14.9. The van der Waals surface area contributed by atoms with Crippen LogP contribution < -0.4 is 5.73 Å². The summed E-state index contributed by atoms with van der Waals surface area (Å²) in [4.78, 5) is 3.81. The van der Waals surface area contributed by atoms with E-state index in [1.54, 1.807) is 6.07 Å². The largest absolute Gasteiger partial charge is 0.396 e. The van der Waals surface area contributed by atoms with E-state index in [9.17, 15) is 8.42 Å². The summed E-state index contributed by atoms with van der Waals surface area (Å²) < 4.78 is 25.6. The van der Waals surface area contributed by atoms with Crippen LogP contribution in [0, 0.1) is 0 Å². The molecule has 6 nitrogen and oxygen atoms in total. The third kappa shape index (κ3) is 3.66. The first-order chi connectivity index (χ1) is 8.50. The molecule has 0 bridgehead atoms. The van der Waals surface area contributed by atoms with E-state index < -0.39 is 10.0 Å². The number of unbranched alkanes of at least 4 members (excludes halogenated alkanes) is 2. The zero-order valence-corrected chi connectivity index (χ0v) is 11.2. The van der Waals surface area contributed by atoms with E-state index in [0.29, 0.717) is 19.4 Å². The van der Waals surface area contributed by atoms with Crippen molar-refractivity contribution in [2.24, 2.45) is 0 Å². The molecular weight excluding hydrogens is 254 g/mol. The van der Waals surface area contributed by atoms with E-state index in [0.717, 1.165) is 6.42 Å². The summed E-state index contributed by atoms with van der Waals surface area (Å²) in [5.41, 5.74) is 5.57. The van der Waals surface area contributed by atoms with Crippen molar-refractivity contribution in [3.05, 3.63) is 18.3 Å². The van der Waals surface area contributed by atoms with Gasteiger partial charge in [0.05, 0.1) is 0 Å². The number of aromatic nitrogens is 1. The van der Waals surface area contributed by atoms with Crippen LogP contribution in [0.15, 0.2) is 23.2 Å². The minimum atomic E-state index is -3.57. The molecule has 0 radical (unpaired) electrons. The average Bonchev–Trinajstić information content (AvgIpc) is 2.34. The van der Waals surface area contributed by atoms with Gasteiger partial charge in [-0.3, -0.25) is 0 Å². The summed E-state index contributed by atoms with van der Waals surface area (Å²) in [5.74, 6) is 0.0136. The standard InChI is InChI=1S/C11H19N3O3S/c1-14(8-3-2-4-9-15)18(16,17)10-6-5-7-13-11(10)12/h5-7,15H,2-4,8-9H2,1H3,(H2,12,13). The predicted octanol–water partition coefficient (Wildman–Crippen LogP) is 0.447. The fourth-order valence-electron chi connectivity index (χ4n) is 1.53. The fourth-order valence-corrected chi connectivity index (χ4v) is 2.80. The van der Waals surface area contributed by atoms with Crippen LogP contribution in [0.5, 0.6) is 0 Å². The van der Waals surface area contributed by atoms with Crippen LogP contribution in [-0.4, -0.2) is 43.0 Å². The minimum absolute atomic E-state index is 0.0136. The van der Waals surface area contributed by atoms with Gasteiger partial charge in [-0.1, -0.05) is 0 Å². The lowest BCUT2D eigenvalue weighted by Crippen LogP contribution is -2.28. The van der Waals surface area contributed by atoms with Crippen molar-refractivity contribution in [1.29, 1.82) is 0 Å². The van der Waals surface area contributed by atoms with Gasteiger partial charge in [-0.15, -0.1) is 0 Å². The van der Waals surface area contributed by atoms with E-state index in [2.05, 4.69) is 4.98 Å². The molecule has 0 fully saturated rings. The molecule has 18 heavy (non-hydrogen) atoms. The number of rotatable bonds is 7. The lowest BCUT2D eigenvalue weighted by atomic mass is 10.2. The first-order valence-corrected chi connectivity index (χ1v) is 7.22. The van der Waals surface area contributed by atoms with Crippen molar-refractivity contribution in [1.82, 2.24) is 9.29 Å². The predicted molar refractivity (Wildman–Crippen MR) is 69.4 cm³/mol. The second kappa shape index (κ2) is 6.67. The molecule has 0 aliphatic rings. The molecule has 7 heteroatoms.